The Kier molecular flexibility index (Phi) is 3.93. The Morgan fingerprint density at radius 1 is 1.39 bits per heavy atom. The zero-order valence-electron chi connectivity index (χ0n) is 13.2. The maximum atomic E-state index is 12.0. The van der Waals surface area contributed by atoms with Crippen LogP contribution in [0.15, 0.2) is 49.3 Å². The SMILES string of the molecule is C=CC(=O)N(C)c1cc(-c2n[nH]c3ccncc23)ccc1CC. The van der Waals surface area contributed by atoms with Gasteiger partial charge in [0.15, 0.2) is 0 Å². The summed E-state index contributed by atoms with van der Waals surface area (Å²) in [7, 11) is 1.76. The zero-order chi connectivity index (χ0) is 16.4. The first-order valence-electron chi connectivity index (χ1n) is 7.47. The van der Waals surface area contributed by atoms with Crippen LogP contribution < -0.4 is 4.90 Å². The molecule has 116 valence electrons. The summed E-state index contributed by atoms with van der Waals surface area (Å²) in [5.74, 6) is -0.134. The quantitative estimate of drug-likeness (QED) is 0.752. The Balaban J connectivity index is 2.14. The number of carbonyl (C=O) groups excluding carboxylic acids is 1. The molecule has 0 fully saturated rings. The van der Waals surface area contributed by atoms with Crippen LogP contribution in [0.4, 0.5) is 5.69 Å². The largest absolute Gasteiger partial charge is 0.312 e. The van der Waals surface area contributed by atoms with Crippen molar-refractivity contribution in [1.82, 2.24) is 15.2 Å². The molecule has 0 aliphatic rings. The topological polar surface area (TPSA) is 61.9 Å². The monoisotopic (exact) mass is 306 g/mol. The standard InChI is InChI=1S/C18H18N4O/c1-4-12-6-7-13(10-16(12)22(3)17(23)5-2)18-14-11-19-9-8-15(14)20-21-18/h5-11H,2,4H2,1,3H3,(H,20,21). The lowest BCUT2D eigenvalue weighted by atomic mass is 10.0. The molecule has 1 aromatic carbocycles. The highest BCUT2D eigenvalue weighted by Crippen LogP contribution is 2.31. The number of amides is 1. The third-order valence-corrected chi connectivity index (χ3v) is 3.97. The van der Waals surface area contributed by atoms with Crippen molar-refractivity contribution in [2.75, 3.05) is 11.9 Å². The van der Waals surface area contributed by atoms with E-state index in [2.05, 4.69) is 28.7 Å². The number of aromatic nitrogens is 3. The minimum absolute atomic E-state index is 0.134. The van der Waals surface area contributed by atoms with Gasteiger partial charge in [0.05, 0.1) is 5.52 Å². The van der Waals surface area contributed by atoms with Crippen molar-refractivity contribution in [1.29, 1.82) is 0 Å². The van der Waals surface area contributed by atoms with Crippen molar-refractivity contribution < 1.29 is 4.79 Å². The van der Waals surface area contributed by atoms with Gasteiger partial charge < -0.3 is 4.90 Å². The second-order valence-electron chi connectivity index (χ2n) is 5.29. The second-order valence-corrected chi connectivity index (χ2v) is 5.29. The highest BCUT2D eigenvalue weighted by atomic mass is 16.2. The molecule has 0 saturated carbocycles. The molecule has 1 amide bonds. The molecule has 0 aliphatic heterocycles. The number of aromatic amines is 1. The molecular formula is C18H18N4O. The molecule has 2 heterocycles. The molecule has 0 bridgehead atoms. The van der Waals surface area contributed by atoms with E-state index in [-0.39, 0.29) is 5.91 Å². The van der Waals surface area contributed by atoms with Gasteiger partial charge in [-0.05, 0) is 30.2 Å². The molecule has 3 aromatic rings. The number of hydrogen-bond acceptors (Lipinski definition) is 3. The lowest BCUT2D eigenvalue weighted by molar-refractivity contribution is -0.113. The summed E-state index contributed by atoms with van der Waals surface area (Å²) in [6.45, 7) is 5.63. The van der Waals surface area contributed by atoms with Gasteiger partial charge in [-0.1, -0.05) is 25.6 Å². The van der Waals surface area contributed by atoms with Crippen LogP contribution in [0.5, 0.6) is 0 Å². The van der Waals surface area contributed by atoms with Gasteiger partial charge in [-0.3, -0.25) is 14.9 Å². The Hall–Kier alpha value is -2.95. The van der Waals surface area contributed by atoms with Gasteiger partial charge >= 0.3 is 0 Å². The average molecular weight is 306 g/mol. The number of benzene rings is 1. The molecule has 0 radical (unpaired) electrons. The lowest BCUT2D eigenvalue weighted by Gasteiger charge is -2.19. The predicted molar refractivity (Wildman–Crippen MR) is 92.3 cm³/mol. The third-order valence-electron chi connectivity index (χ3n) is 3.97. The molecule has 5 heteroatoms. The molecular weight excluding hydrogens is 288 g/mol. The molecule has 5 nitrogen and oxygen atoms in total. The smallest absolute Gasteiger partial charge is 0.250 e. The van der Waals surface area contributed by atoms with Gasteiger partial charge in [-0.2, -0.15) is 5.10 Å². The number of aryl methyl sites for hydroxylation is 1. The summed E-state index contributed by atoms with van der Waals surface area (Å²) in [6, 6.07) is 7.94. The maximum absolute atomic E-state index is 12.0. The summed E-state index contributed by atoms with van der Waals surface area (Å²) in [5, 5.41) is 8.37. The van der Waals surface area contributed by atoms with Crippen molar-refractivity contribution in [3.8, 4) is 11.3 Å². The minimum atomic E-state index is -0.134. The molecule has 23 heavy (non-hydrogen) atoms. The zero-order valence-corrected chi connectivity index (χ0v) is 13.2. The van der Waals surface area contributed by atoms with Crippen LogP contribution in [0.2, 0.25) is 0 Å². The van der Waals surface area contributed by atoms with E-state index in [4.69, 9.17) is 0 Å². The van der Waals surface area contributed by atoms with E-state index < -0.39 is 0 Å². The number of carbonyl (C=O) groups is 1. The van der Waals surface area contributed by atoms with Gasteiger partial charge in [-0.15, -0.1) is 0 Å². The van der Waals surface area contributed by atoms with Crippen LogP contribution in [0, 0.1) is 0 Å². The van der Waals surface area contributed by atoms with Crippen LogP contribution in [-0.2, 0) is 11.2 Å². The summed E-state index contributed by atoms with van der Waals surface area (Å²) in [6.07, 6.45) is 5.68. The molecule has 0 unspecified atom stereocenters. The number of likely N-dealkylation sites (N-methyl/N-ethyl adjacent to an activating group) is 1. The summed E-state index contributed by atoms with van der Waals surface area (Å²) in [5.41, 5.74) is 4.68. The van der Waals surface area contributed by atoms with Gasteiger partial charge in [0.1, 0.15) is 5.69 Å². The Morgan fingerprint density at radius 2 is 2.22 bits per heavy atom. The van der Waals surface area contributed by atoms with Crippen molar-refractivity contribution in [2.45, 2.75) is 13.3 Å². The van der Waals surface area contributed by atoms with E-state index in [1.54, 1.807) is 24.3 Å². The Labute approximate surface area is 134 Å². The van der Waals surface area contributed by atoms with Crippen molar-refractivity contribution in [2.24, 2.45) is 0 Å². The van der Waals surface area contributed by atoms with Crippen LogP contribution in [0.25, 0.3) is 22.2 Å². The number of nitrogens with one attached hydrogen (secondary N) is 1. The molecule has 1 N–H and O–H groups in total. The summed E-state index contributed by atoms with van der Waals surface area (Å²) in [4.78, 5) is 17.7. The van der Waals surface area contributed by atoms with Crippen LogP contribution >= 0.6 is 0 Å². The number of nitrogens with zero attached hydrogens (tertiary/aromatic N) is 3. The van der Waals surface area contributed by atoms with Gasteiger partial charge in [0.25, 0.3) is 0 Å². The number of fused-ring (bicyclic) bond motifs is 1. The highest BCUT2D eigenvalue weighted by molar-refractivity contribution is 6.02. The lowest BCUT2D eigenvalue weighted by Crippen LogP contribution is -2.24. The fraction of sp³-hybridized carbons (Fsp3) is 0.167. The fourth-order valence-corrected chi connectivity index (χ4v) is 2.66. The van der Waals surface area contributed by atoms with E-state index in [0.29, 0.717) is 0 Å². The average Bonchev–Trinajstić information content (AvgIpc) is 3.04. The summed E-state index contributed by atoms with van der Waals surface area (Å²) < 4.78 is 0. The first-order chi connectivity index (χ1) is 11.2. The van der Waals surface area contributed by atoms with Gasteiger partial charge in [0, 0.05) is 36.1 Å². The molecule has 3 rings (SSSR count). The first kappa shape index (κ1) is 15.0. The van der Waals surface area contributed by atoms with E-state index in [9.17, 15) is 4.79 Å². The van der Waals surface area contributed by atoms with Gasteiger partial charge in [0.2, 0.25) is 5.91 Å². The second kappa shape index (κ2) is 6.04. The first-order valence-corrected chi connectivity index (χ1v) is 7.47. The Bertz CT molecular complexity index is 882. The highest BCUT2D eigenvalue weighted by Gasteiger charge is 2.15. The van der Waals surface area contributed by atoms with Crippen molar-refractivity contribution in [3.05, 3.63) is 54.9 Å². The van der Waals surface area contributed by atoms with Crippen molar-refractivity contribution >= 4 is 22.5 Å². The van der Waals surface area contributed by atoms with Crippen LogP contribution in [0.3, 0.4) is 0 Å². The van der Waals surface area contributed by atoms with Crippen LogP contribution in [0.1, 0.15) is 12.5 Å². The molecule has 0 atom stereocenters. The number of anilines is 1. The number of hydrogen-bond donors (Lipinski definition) is 1. The van der Waals surface area contributed by atoms with E-state index in [1.165, 1.54) is 6.08 Å². The maximum Gasteiger partial charge on any atom is 0.250 e. The number of pyridine rings is 1. The fourth-order valence-electron chi connectivity index (χ4n) is 2.66. The minimum Gasteiger partial charge on any atom is -0.312 e. The normalized spacial score (nSPS) is 10.7. The van der Waals surface area contributed by atoms with E-state index >= 15 is 0 Å². The molecule has 0 spiro atoms. The van der Waals surface area contributed by atoms with Crippen molar-refractivity contribution in [3.63, 3.8) is 0 Å². The van der Waals surface area contributed by atoms with E-state index in [1.807, 2.05) is 24.3 Å². The summed E-state index contributed by atoms with van der Waals surface area (Å²) >= 11 is 0. The third kappa shape index (κ3) is 2.61. The van der Waals surface area contributed by atoms with E-state index in [0.717, 1.165) is 39.8 Å². The number of rotatable bonds is 4. The molecule has 0 saturated heterocycles. The number of H-pyrrole nitrogens is 1. The Morgan fingerprint density at radius 3 is 2.96 bits per heavy atom. The molecule has 0 aliphatic carbocycles. The van der Waals surface area contributed by atoms with Crippen LogP contribution in [-0.4, -0.2) is 28.1 Å². The predicted octanol–water partition coefficient (Wildman–Crippen LogP) is 3.34. The molecule has 2 aromatic heterocycles. The van der Waals surface area contributed by atoms with Gasteiger partial charge in [-0.25, -0.2) is 0 Å².